The van der Waals surface area contributed by atoms with Crippen LogP contribution in [0.5, 0.6) is 0 Å². The molecule has 2 amide bonds. The van der Waals surface area contributed by atoms with E-state index in [4.69, 9.17) is 0 Å². The first kappa shape index (κ1) is 15.1. The number of carbonyl (C=O) groups excluding carboxylic acids is 2. The van der Waals surface area contributed by atoms with Gasteiger partial charge in [-0.1, -0.05) is 18.2 Å². The van der Waals surface area contributed by atoms with Crippen LogP contribution in [0.2, 0.25) is 0 Å². The summed E-state index contributed by atoms with van der Waals surface area (Å²) in [6.07, 6.45) is -0.565. The van der Waals surface area contributed by atoms with E-state index in [2.05, 4.69) is 31.3 Å². The second kappa shape index (κ2) is 6.90. The van der Waals surface area contributed by atoms with E-state index in [1.807, 2.05) is 6.07 Å². The van der Waals surface area contributed by atoms with Gasteiger partial charge in [-0.3, -0.25) is 10.1 Å². The number of anilines is 2. The number of halogens is 1. The van der Waals surface area contributed by atoms with E-state index in [0.717, 1.165) is 0 Å². The first-order valence-electron chi connectivity index (χ1n) is 6.11. The smallest absolute Gasteiger partial charge is 0.411 e. The predicted molar refractivity (Wildman–Crippen MR) is 84.6 cm³/mol. The minimum Gasteiger partial charge on any atom is -0.453 e. The van der Waals surface area contributed by atoms with Crippen molar-refractivity contribution in [2.24, 2.45) is 0 Å². The maximum atomic E-state index is 12.2. The number of amides is 2. The van der Waals surface area contributed by atoms with Gasteiger partial charge in [-0.15, -0.1) is 0 Å². The molecule has 2 aromatic rings. The van der Waals surface area contributed by atoms with Gasteiger partial charge in [0.15, 0.2) is 0 Å². The molecule has 5 nitrogen and oxygen atoms in total. The Hall–Kier alpha value is -2.34. The van der Waals surface area contributed by atoms with E-state index in [1.54, 1.807) is 42.5 Å². The summed E-state index contributed by atoms with van der Waals surface area (Å²) in [4.78, 5) is 23.3. The Labute approximate surface area is 130 Å². The first-order chi connectivity index (χ1) is 10.1. The molecule has 2 rings (SSSR count). The maximum absolute atomic E-state index is 12.2. The van der Waals surface area contributed by atoms with Gasteiger partial charge in [0.05, 0.1) is 12.7 Å². The van der Waals surface area contributed by atoms with Gasteiger partial charge in [-0.05, 0) is 46.3 Å². The number of ether oxygens (including phenoxy) is 1. The highest BCUT2D eigenvalue weighted by atomic mass is 79.9. The zero-order valence-electron chi connectivity index (χ0n) is 11.2. The zero-order valence-corrected chi connectivity index (χ0v) is 12.8. The normalized spacial score (nSPS) is 9.81. The van der Waals surface area contributed by atoms with Crippen LogP contribution in [0.25, 0.3) is 0 Å². The third kappa shape index (κ3) is 4.06. The monoisotopic (exact) mass is 348 g/mol. The first-order valence-corrected chi connectivity index (χ1v) is 6.90. The van der Waals surface area contributed by atoms with Gasteiger partial charge in [0.1, 0.15) is 0 Å². The van der Waals surface area contributed by atoms with E-state index in [0.29, 0.717) is 21.4 Å². The summed E-state index contributed by atoms with van der Waals surface area (Å²) in [5, 5.41) is 5.30. The fraction of sp³-hybridized carbons (Fsp3) is 0.0667. The van der Waals surface area contributed by atoms with Gasteiger partial charge in [0.2, 0.25) is 0 Å². The number of methoxy groups -OCH3 is 1. The van der Waals surface area contributed by atoms with Crippen LogP contribution in [0.4, 0.5) is 16.2 Å². The minimum atomic E-state index is -0.565. The SMILES string of the molecule is COC(=O)Nc1cccc(NC(=O)c2ccccc2Br)c1. The number of benzene rings is 2. The highest BCUT2D eigenvalue weighted by Crippen LogP contribution is 2.19. The molecule has 0 saturated carbocycles. The van der Waals surface area contributed by atoms with E-state index in [1.165, 1.54) is 7.11 Å². The molecule has 0 unspecified atom stereocenters. The van der Waals surface area contributed by atoms with Crippen LogP contribution in [-0.4, -0.2) is 19.1 Å². The molecule has 6 heteroatoms. The number of nitrogens with one attached hydrogen (secondary N) is 2. The molecule has 0 aliphatic rings. The molecule has 0 aliphatic carbocycles. The highest BCUT2D eigenvalue weighted by Gasteiger charge is 2.10. The zero-order chi connectivity index (χ0) is 15.2. The Morgan fingerprint density at radius 3 is 2.33 bits per heavy atom. The summed E-state index contributed by atoms with van der Waals surface area (Å²) in [5.41, 5.74) is 1.64. The molecule has 0 radical (unpaired) electrons. The molecule has 0 spiro atoms. The molecule has 0 aliphatic heterocycles. The third-order valence-electron chi connectivity index (χ3n) is 2.67. The third-order valence-corrected chi connectivity index (χ3v) is 3.36. The number of hydrogen-bond acceptors (Lipinski definition) is 3. The van der Waals surface area contributed by atoms with E-state index < -0.39 is 6.09 Å². The van der Waals surface area contributed by atoms with E-state index >= 15 is 0 Å². The fourth-order valence-electron chi connectivity index (χ4n) is 1.69. The van der Waals surface area contributed by atoms with Crippen molar-refractivity contribution >= 4 is 39.3 Å². The molecule has 0 heterocycles. The van der Waals surface area contributed by atoms with Crippen molar-refractivity contribution in [3.63, 3.8) is 0 Å². The molecular weight excluding hydrogens is 336 g/mol. The Morgan fingerprint density at radius 1 is 1.00 bits per heavy atom. The van der Waals surface area contributed by atoms with Crippen LogP contribution in [0.1, 0.15) is 10.4 Å². The minimum absolute atomic E-state index is 0.238. The van der Waals surface area contributed by atoms with Crippen LogP contribution in [0.3, 0.4) is 0 Å². The molecule has 0 fully saturated rings. The Bertz CT molecular complexity index is 673. The Balaban J connectivity index is 2.13. The lowest BCUT2D eigenvalue weighted by Gasteiger charge is -2.09. The van der Waals surface area contributed by atoms with Gasteiger partial charge < -0.3 is 10.1 Å². The van der Waals surface area contributed by atoms with Crippen molar-refractivity contribution in [3.05, 3.63) is 58.6 Å². The Morgan fingerprint density at radius 2 is 1.67 bits per heavy atom. The summed E-state index contributed by atoms with van der Waals surface area (Å²) in [6, 6.07) is 13.9. The van der Waals surface area contributed by atoms with Crippen molar-refractivity contribution < 1.29 is 14.3 Å². The van der Waals surface area contributed by atoms with Crippen molar-refractivity contribution in [3.8, 4) is 0 Å². The van der Waals surface area contributed by atoms with Gasteiger partial charge in [-0.25, -0.2) is 4.79 Å². The van der Waals surface area contributed by atoms with Crippen LogP contribution in [0.15, 0.2) is 53.0 Å². The van der Waals surface area contributed by atoms with E-state index in [9.17, 15) is 9.59 Å². The van der Waals surface area contributed by atoms with Crippen LogP contribution in [-0.2, 0) is 4.74 Å². The molecule has 2 N–H and O–H groups in total. The summed E-state index contributed by atoms with van der Waals surface area (Å²) >= 11 is 3.33. The summed E-state index contributed by atoms with van der Waals surface area (Å²) in [7, 11) is 1.29. The average molecular weight is 349 g/mol. The summed E-state index contributed by atoms with van der Waals surface area (Å²) < 4.78 is 5.23. The topological polar surface area (TPSA) is 67.4 Å². The van der Waals surface area contributed by atoms with Crippen molar-refractivity contribution in [2.75, 3.05) is 17.7 Å². The largest absolute Gasteiger partial charge is 0.453 e. The highest BCUT2D eigenvalue weighted by molar-refractivity contribution is 9.10. The predicted octanol–water partition coefficient (Wildman–Crippen LogP) is 3.88. The summed E-state index contributed by atoms with van der Waals surface area (Å²) in [6.45, 7) is 0. The lowest BCUT2D eigenvalue weighted by atomic mass is 10.2. The lowest BCUT2D eigenvalue weighted by Crippen LogP contribution is -2.14. The molecular formula is C15H13BrN2O3. The number of hydrogen-bond donors (Lipinski definition) is 2. The lowest BCUT2D eigenvalue weighted by molar-refractivity contribution is 0.102. The van der Waals surface area contributed by atoms with Crippen LogP contribution >= 0.6 is 15.9 Å². The second-order valence-electron chi connectivity index (χ2n) is 4.13. The quantitative estimate of drug-likeness (QED) is 0.884. The van der Waals surface area contributed by atoms with Crippen molar-refractivity contribution in [2.45, 2.75) is 0 Å². The van der Waals surface area contributed by atoms with Gasteiger partial charge in [0, 0.05) is 15.8 Å². The second-order valence-corrected chi connectivity index (χ2v) is 4.99. The van der Waals surface area contributed by atoms with Crippen molar-refractivity contribution in [1.29, 1.82) is 0 Å². The molecule has 0 bridgehead atoms. The average Bonchev–Trinajstić information content (AvgIpc) is 2.47. The Kier molecular flexibility index (Phi) is 4.94. The van der Waals surface area contributed by atoms with Gasteiger partial charge in [0.25, 0.3) is 5.91 Å². The standard InChI is InChI=1S/C15H13BrN2O3/c1-21-15(20)18-11-6-4-5-10(9-11)17-14(19)12-7-2-3-8-13(12)16/h2-9H,1H3,(H,17,19)(H,18,20). The molecule has 2 aromatic carbocycles. The van der Waals surface area contributed by atoms with Gasteiger partial charge in [-0.2, -0.15) is 0 Å². The van der Waals surface area contributed by atoms with E-state index in [-0.39, 0.29) is 5.91 Å². The molecule has 0 aromatic heterocycles. The maximum Gasteiger partial charge on any atom is 0.411 e. The molecule has 21 heavy (non-hydrogen) atoms. The fourth-order valence-corrected chi connectivity index (χ4v) is 2.15. The summed E-state index contributed by atoms with van der Waals surface area (Å²) in [5.74, 6) is -0.238. The molecule has 0 atom stereocenters. The van der Waals surface area contributed by atoms with Crippen LogP contribution < -0.4 is 10.6 Å². The van der Waals surface area contributed by atoms with Crippen molar-refractivity contribution in [1.82, 2.24) is 0 Å². The number of rotatable bonds is 3. The van der Waals surface area contributed by atoms with Gasteiger partial charge >= 0.3 is 6.09 Å². The molecule has 0 saturated heterocycles. The number of carbonyl (C=O) groups is 2. The van der Waals surface area contributed by atoms with Crippen LogP contribution in [0, 0.1) is 0 Å². The molecule has 108 valence electrons.